The van der Waals surface area contributed by atoms with Crippen molar-refractivity contribution in [3.05, 3.63) is 105 Å². The zero-order chi connectivity index (χ0) is 26.4. The zero-order valence-electron chi connectivity index (χ0n) is 20.1. The molecule has 7 nitrogen and oxygen atoms in total. The van der Waals surface area contributed by atoms with Crippen molar-refractivity contribution in [2.45, 2.75) is 6.92 Å². The van der Waals surface area contributed by atoms with E-state index in [1.165, 1.54) is 13.3 Å². The number of hydrogen-bond donors (Lipinski definition) is 1. The molecule has 0 bridgehead atoms. The third-order valence-corrected chi connectivity index (χ3v) is 6.67. The summed E-state index contributed by atoms with van der Waals surface area (Å²) in [4.78, 5) is 24.0. The van der Waals surface area contributed by atoms with Crippen molar-refractivity contribution in [3.63, 3.8) is 0 Å². The molecule has 1 amide bonds. The molecule has 37 heavy (non-hydrogen) atoms. The molecule has 4 rings (SSSR count). The summed E-state index contributed by atoms with van der Waals surface area (Å²) < 4.78 is 13.4. The van der Waals surface area contributed by atoms with Crippen molar-refractivity contribution in [3.8, 4) is 22.7 Å². The lowest BCUT2D eigenvalue weighted by Crippen LogP contribution is -2.17. The van der Waals surface area contributed by atoms with Crippen LogP contribution in [0.25, 0.3) is 16.9 Å². The van der Waals surface area contributed by atoms with Gasteiger partial charge in [0, 0.05) is 16.9 Å². The van der Waals surface area contributed by atoms with E-state index in [0.29, 0.717) is 25.8 Å². The Labute approximate surface area is 231 Å². The number of carbonyl (C=O) groups excluding carboxylic acids is 2. The number of benzene rings is 3. The first-order valence-corrected chi connectivity index (χ1v) is 12.8. The highest BCUT2D eigenvalue weighted by molar-refractivity contribution is 9.11. The molecule has 1 heterocycles. The number of esters is 1. The topological polar surface area (TPSA) is 81.9 Å². The first-order valence-electron chi connectivity index (χ1n) is 11.2. The van der Waals surface area contributed by atoms with E-state index in [2.05, 4.69) is 82.9 Å². The summed E-state index contributed by atoms with van der Waals surface area (Å²) in [5, 5.41) is 4.07. The number of aryl methyl sites for hydroxylation is 1. The minimum absolute atomic E-state index is 0.215. The fourth-order valence-electron chi connectivity index (χ4n) is 3.69. The normalized spacial score (nSPS) is 10.9. The third-order valence-electron chi connectivity index (χ3n) is 5.50. The van der Waals surface area contributed by atoms with Crippen molar-refractivity contribution >= 4 is 50.0 Å². The number of hydrazone groups is 1. The Morgan fingerprint density at radius 3 is 2.30 bits per heavy atom. The van der Waals surface area contributed by atoms with Gasteiger partial charge in [0.15, 0.2) is 6.61 Å². The second-order valence-corrected chi connectivity index (χ2v) is 9.69. The highest BCUT2D eigenvalue weighted by Gasteiger charge is 2.12. The lowest BCUT2D eigenvalue weighted by molar-refractivity contribution is -0.142. The summed E-state index contributed by atoms with van der Waals surface area (Å²) in [6.45, 7) is 1.84. The van der Waals surface area contributed by atoms with Crippen LogP contribution in [-0.4, -0.2) is 36.4 Å². The number of methoxy groups -OCH3 is 1. The van der Waals surface area contributed by atoms with Crippen molar-refractivity contribution in [1.82, 2.24) is 9.99 Å². The second-order valence-electron chi connectivity index (χ2n) is 7.99. The van der Waals surface area contributed by atoms with E-state index < -0.39 is 5.97 Å². The molecule has 0 unspecified atom stereocenters. The van der Waals surface area contributed by atoms with Gasteiger partial charge >= 0.3 is 5.97 Å². The Balaban J connectivity index is 1.43. The van der Waals surface area contributed by atoms with E-state index in [9.17, 15) is 9.59 Å². The number of nitrogens with zero attached hydrogens (tertiary/aromatic N) is 2. The van der Waals surface area contributed by atoms with E-state index in [0.717, 1.165) is 22.6 Å². The predicted octanol–water partition coefficient (Wildman–Crippen LogP) is 6.29. The largest absolute Gasteiger partial charge is 0.480 e. The number of aromatic nitrogens is 1. The number of ether oxygens (including phenoxy) is 2. The summed E-state index contributed by atoms with van der Waals surface area (Å²) in [5.74, 6) is -0.355. The van der Waals surface area contributed by atoms with Crippen molar-refractivity contribution in [1.29, 1.82) is 0 Å². The second kappa shape index (κ2) is 12.0. The maximum Gasteiger partial charge on any atom is 0.343 e. The molecule has 1 N–H and O–H groups in total. The molecular formula is C28H23Br2N3O4. The van der Waals surface area contributed by atoms with Crippen LogP contribution in [0.4, 0.5) is 0 Å². The summed E-state index contributed by atoms with van der Waals surface area (Å²) >= 11 is 6.83. The van der Waals surface area contributed by atoms with E-state index in [-0.39, 0.29) is 12.5 Å². The predicted molar refractivity (Wildman–Crippen MR) is 150 cm³/mol. The van der Waals surface area contributed by atoms with Gasteiger partial charge in [-0.25, -0.2) is 10.2 Å². The highest BCUT2D eigenvalue weighted by Crippen LogP contribution is 2.34. The Morgan fingerprint density at radius 1 is 0.973 bits per heavy atom. The molecule has 9 heteroatoms. The SMILES string of the molecule is COC(=O)COc1c(Br)cc(/C=N/NC(=O)c2ccc(-n3c(C)ccc3-c3ccccc3)cc2)cc1Br. The van der Waals surface area contributed by atoms with Gasteiger partial charge in [-0.15, -0.1) is 0 Å². The molecule has 188 valence electrons. The monoisotopic (exact) mass is 623 g/mol. The lowest BCUT2D eigenvalue weighted by atomic mass is 10.1. The van der Waals surface area contributed by atoms with Gasteiger partial charge in [0.2, 0.25) is 0 Å². The third kappa shape index (κ3) is 6.36. The molecule has 3 aromatic carbocycles. The summed E-state index contributed by atoms with van der Waals surface area (Å²) in [7, 11) is 1.29. The first-order chi connectivity index (χ1) is 17.9. The van der Waals surface area contributed by atoms with E-state index >= 15 is 0 Å². The Kier molecular flexibility index (Phi) is 8.58. The molecule has 0 aliphatic rings. The highest BCUT2D eigenvalue weighted by atomic mass is 79.9. The smallest absolute Gasteiger partial charge is 0.343 e. The van der Waals surface area contributed by atoms with Crippen LogP contribution in [0.3, 0.4) is 0 Å². The number of carbonyl (C=O) groups is 2. The molecule has 0 fully saturated rings. The van der Waals surface area contributed by atoms with Gasteiger partial charge in [-0.3, -0.25) is 4.79 Å². The zero-order valence-corrected chi connectivity index (χ0v) is 23.2. The van der Waals surface area contributed by atoms with E-state index in [4.69, 9.17) is 4.74 Å². The van der Waals surface area contributed by atoms with Crippen LogP contribution in [0.5, 0.6) is 5.75 Å². The summed E-state index contributed by atoms with van der Waals surface area (Å²) in [6, 6.07) is 25.2. The Morgan fingerprint density at radius 2 is 1.65 bits per heavy atom. The molecule has 0 atom stereocenters. The molecule has 0 aliphatic heterocycles. The van der Waals surface area contributed by atoms with Gasteiger partial charge in [-0.1, -0.05) is 30.3 Å². The maximum atomic E-state index is 12.6. The van der Waals surface area contributed by atoms with Crippen LogP contribution in [0.15, 0.2) is 92.9 Å². The van der Waals surface area contributed by atoms with Crippen LogP contribution in [-0.2, 0) is 9.53 Å². The minimum atomic E-state index is -0.486. The molecule has 0 spiro atoms. The molecule has 0 saturated carbocycles. The molecule has 0 saturated heterocycles. The van der Waals surface area contributed by atoms with Crippen molar-refractivity contribution in [2.24, 2.45) is 5.10 Å². The van der Waals surface area contributed by atoms with Gasteiger partial charge in [0.05, 0.1) is 28.0 Å². The summed E-state index contributed by atoms with van der Waals surface area (Å²) in [5.41, 5.74) is 8.01. The van der Waals surface area contributed by atoms with Crippen LogP contribution in [0, 0.1) is 6.92 Å². The Bertz CT molecular complexity index is 1430. The van der Waals surface area contributed by atoms with E-state index in [1.807, 2.05) is 30.3 Å². The average Bonchev–Trinajstić information content (AvgIpc) is 3.29. The molecule has 1 aromatic heterocycles. The van der Waals surface area contributed by atoms with Gasteiger partial charge < -0.3 is 14.0 Å². The maximum absolute atomic E-state index is 12.6. The molecule has 0 radical (unpaired) electrons. The minimum Gasteiger partial charge on any atom is -0.480 e. The number of rotatable bonds is 8. The van der Waals surface area contributed by atoms with Crippen LogP contribution in [0.2, 0.25) is 0 Å². The summed E-state index contributed by atoms with van der Waals surface area (Å²) in [6.07, 6.45) is 1.52. The average molecular weight is 625 g/mol. The number of amides is 1. The lowest BCUT2D eigenvalue weighted by Gasteiger charge is -2.12. The quantitative estimate of drug-likeness (QED) is 0.142. The van der Waals surface area contributed by atoms with Crippen LogP contribution in [0.1, 0.15) is 21.6 Å². The van der Waals surface area contributed by atoms with Crippen LogP contribution >= 0.6 is 31.9 Å². The fraction of sp³-hybridized carbons (Fsp3) is 0.107. The van der Waals surface area contributed by atoms with Crippen LogP contribution < -0.4 is 10.2 Å². The number of halogens is 2. The first kappa shape index (κ1) is 26.4. The van der Waals surface area contributed by atoms with Gasteiger partial charge in [-0.05, 0) is 98.4 Å². The van der Waals surface area contributed by atoms with Gasteiger partial charge in [0.1, 0.15) is 5.75 Å². The van der Waals surface area contributed by atoms with Gasteiger partial charge in [-0.2, -0.15) is 5.10 Å². The van der Waals surface area contributed by atoms with Gasteiger partial charge in [0.25, 0.3) is 5.91 Å². The molecule has 0 aliphatic carbocycles. The molecule has 4 aromatic rings. The fourth-order valence-corrected chi connectivity index (χ4v) is 5.14. The standard InChI is InChI=1S/C28H23Br2N3O4/c1-18-8-13-25(20-6-4-3-5-7-20)33(18)22-11-9-21(10-12-22)28(35)32-31-16-19-14-23(29)27(24(30)15-19)37-17-26(34)36-2/h3-16H,17H2,1-2H3,(H,32,35)/b31-16+. The molecular weight excluding hydrogens is 602 g/mol. The van der Waals surface area contributed by atoms with Crippen molar-refractivity contribution in [2.75, 3.05) is 13.7 Å². The number of hydrogen-bond acceptors (Lipinski definition) is 5. The Hall–Kier alpha value is -3.69. The van der Waals surface area contributed by atoms with Crippen molar-refractivity contribution < 1.29 is 19.1 Å². The van der Waals surface area contributed by atoms with E-state index in [1.54, 1.807) is 24.3 Å². The number of nitrogens with one attached hydrogen (secondary N) is 1.